The van der Waals surface area contributed by atoms with E-state index in [0.29, 0.717) is 12.0 Å². The van der Waals surface area contributed by atoms with Gasteiger partial charge in [0.05, 0.1) is 0 Å². The van der Waals surface area contributed by atoms with Gasteiger partial charge in [-0.3, -0.25) is 4.79 Å². The number of nitrogens with one attached hydrogen (secondary N) is 1. The van der Waals surface area contributed by atoms with Crippen LogP contribution >= 0.6 is 0 Å². The van der Waals surface area contributed by atoms with Gasteiger partial charge < -0.3 is 10.2 Å². The van der Waals surface area contributed by atoms with Gasteiger partial charge in [-0.1, -0.05) is 6.92 Å². The molecule has 0 aliphatic carbocycles. The van der Waals surface area contributed by atoms with Crippen LogP contribution in [0.1, 0.15) is 37.0 Å². The van der Waals surface area contributed by atoms with Crippen molar-refractivity contribution in [1.29, 1.82) is 0 Å². The molecular weight excluding hydrogens is 226 g/mol. The molecule has 18 heavy (non-hydrogen) atoms. The number of carbonyl (C=O) groups is 1. The lowest BCUT2D eigenvalue weighted by Gasteiger charge is -2.38. The summed E-state index contributed by atoms with van der Waals surface area (Å²) in [5.74, 6) is 1.43. The Labute approximate surface area is 108 Å². The lowest BCUT2D eigenvalue weighted by molar-refractivity contribution is 0.0551. The third-order valence-electron chi connectivity index (χ3n) is 3.90. The van der Waals surface area contributed by atoms with Crippen molar-refractivity contribution in [2.24, 2.45) is 5.92 Å². The monoisotopic (exact) mass is 247 g/mol. The molecule has 2 unspecified atom stereocenters. The molecule has 1 aromatic rings. The predicted octanol–water partition coefficient (Wildman–Crippen LogP) is 2.38. The van der Waals surface area contributed by atoms with E-state index in [1.54, 1.807) is 12.3 Å². The summed E-state index contributed by atoms with van der Waals surface area (Å²) in [7, 11) is 1.81. The summed E-state index contributed by atoms with van der Waals surface area (Å²) < 4.78 is 0. The highest BCUT2D eigenvalue weighted by molar-refractivity contribution is 5.95. The van der Waals surface area contributed by atoms with E-state index in [2.05, 4.69) is 24.1 Å². The number of hydrogen-bond donors (Lipinski definition) is 1. The minimum atomic E-state index is 0.118. The first kappa shape index (κ1) is 12.9. The van der Waals surface area contributed by atoms with Crippen molar-refractivity contribution in [3.63, 3.8) is 0 Å². The molecule has 1 aliphatic heterocycles. The van der Waals surface area contributed by atoms with Gasteiger partial charge in [0.1, 0.15) is 5.82 Å². The van der Waals surface area contributed by atoms with Gasteiger partial charge in [0.2, 0.25) is 0 Å². The number of pyridine rings is 1. The number of aromatic nitrogens is 1. The molecule has 1 saturated heterocycles. The molecule has 1 aliphatic rings. The second-order valence-corrected chi connectivity index (χ2v) is 5.04. The van der Waals surface area contributed by atoms with Crippen LogP contribution in [-0.2, 0) is 0 Å². The van der Waals surface area contributed by atoms with Gasteiger partial charge >= 0.3 is 0 Å². The van der Waals surface area contributed by atoms with Gasteiger partial charge in [-0.05, 0) is 37.8 Å². The molecule has 2 heterocycles. The second kappa shape index (κ2) is 5.38. The number of anilines is 1. The molecule has 0 spiro atoms. The molecular formula is C14H21N3O. The van der Waals surface area contributed by atoms with E-state index >= 15 is 0 Å². The van der Waals surface area contributed by atoms with Gasteiger partial charge in [0, 0.05) is 31.4 Å². The third kappa shape index (κ3) is 2.47. The van der Waals surface area contributed by atoms with Crippen LogP contribution in [0.15, 0.2) is 18.3 Å². The smallest absolute Gasteiger partial charge is 0.254 e. The zero-order valence-electron chi connectivity index (χ0n) is 11.3. The molecule has 2 rings (SSSR count). The maximum atomic E-state index is 12.5. The average molecular weight is 247 g/mol. The van der Waals surface area contributed by atoms with E-state index in [1.807, 2.05) is 18.0 Å². The first-order valence-corrected chi connectivity index (χ1v) is 6.58. The Morgan fingerprint density at radius 3 is 3.00 bits per heavy atom. The minimum absolute atomic E-state index is 0.118. The average Bonchev–Trinajstić information content (AvgIpc) is 2.41. The van der Waals surface area contributed by atoms with Gasteiger partial charge in [0.25, 0.3) is 5.91 Å². The molecule has 1 amide bonds. The van der Waals surface area contributed by atoms with Gasteiger partial charge in [-0.15, -0.1) is 0 Å². The Hall–Kier alpha value is -1.58. The lowest BCUT2D eigenvalue weighted by atomic mass is 9.91. The highest BCUT2D eigenvalue weighted by Crippen LogP contribution is 2.24. The SMILES string of the molecule is CNc1cc(C(=O)N2CCCC(C)C2C)ccn1. The van der Waals surface area contributed by atoms with E-state index in [-0.39, 0.29) is 5.91 Å². The summed E-state index contributed by atoms with van der Waals surface area (Å²) >= 11 is 0. The number of carbonyl (C=O) groups excluding carboxylic acids is 1. The fourth-order valence-corrected chi connectivity index (χ4v) is 2.49. The normalized spacial score (nSPS) is 23.8. The van der Waals surface area contributed by atoms with Crippen molar-refractivity contribution in [1.82, 2.24) is 9.88 Å². The first-order chi connectivity index (χ1) is 8.63. The van der Waals surface area contributed by atoms with Crippen LogP contribution in [0.25, 0.3) is 0 Å². The number of likely N-dealkylation sites (tertiary alicyclic amines) is 1. The first-order valence-electron chi connectivity index (χ1n) is 6.58. The molecule has 98 valence electrons. The number of rotatable bonds is 2. The van der Waals surface area contributed by atoms with E-state index in [4.69, 9.17) is 0 Å². The molecule has 1 N–H and O–H groups in total. The van der Waals surface area contributed by atoms with E-state index in [1.165, 1.54) is 6.42 Å². The quantitative estimate of drug-likeness (QED) is 0.872. The van der Waals surface area contributed by atoms with Crippen LogP contribution in [0.3, 0.4) is 0 Å². The Balaban J connectivity index is 2.19. The molecule has 4 nitrogen and oxygen atoms in total. The Bertz CT molecular complexity index is 433. The number of hydrogen-bond acceptors (Lipinski definition) is 3. The van der Waals surface area contributed by atoms with Crippen LogP contribution in [0, 0.1) is 5.92 Å². The van der Waals surface area contributed by atoms with Crippen molar-refractivity contribution in [2.75, 3.05) is 18.9 Å². The van der Waals surface area contributed by atoms with E-state index in [9.17, 15) is 4.79 Å². The van der Waals surface area contributed by atoms with Gasteiger partial charge in [-0.2, -0.15) is 0 Å². The van der Waals surface area contributed by atoms with Crippen molar-refractivity contribution in [2.45, 2.75) is 32.7 Å². The third-order valence-corrected chi connectivity index (χ3v) is 3.90. The summed E-state index contributed by atoms with van der Waals surface area (Å²) in [6.07, 6.45) is 3.99. The number of nitrogens with zero attached hydrogens (tertiary/aromatic N) is 2. The van der Waals surface area contributed by atoms with E-state index in [0.717, 1.165) is 24.3 Å². The molecule has 1 fully saturated rings. The number of amides is 1. The molecule has 1 aromatic heterocycles. The van der Waals surface area contributed by atoms with Crippen molar-refractivity contribution in [3.8, 4) is 0 Å². The van der Waals surface area contributed by atoms with Crippen molar-refractivity contribution >= 4 is 11.7 Å². The van der Waals surface area contributed by atoms with Crippen molar-refractivity contribution in [3.05, 3.63) is 23.9 Å². The van der Waals surface area contributed by atoms with Crippen LogP contribution in [0.2, 0.25) is 0 Å². The Morgan fingerprint density at radius 2 is 2.28 bits per heavy atom. The molecule has 0 radical (unpaired) electrons. The zero-order chi connectivity index (χ0) is 13.1. The zero-order valence-corrected chi connectivity index (χ0v) is 11.3. The maximum absolute atomic E-state index is 12.5. The topological polar surface area (TPSA) is 45.2 Å². The molecule has 0 aromatic carbocycles. The standard InChI is InChI=1S/C14H21N3O/c1-10-5-4-8-17(11(10)2)14(18)12-6-7-16-13(9-12)15-3/h6-7,9-11H,4-5,8H2,1-3H3,(H,15,16). The van der Waals surface area contributed by atoms with Crippen LogP contribution < -0.4 is 5.32 Å². The minimum Gasteiger partial charge on any atom is -0.373 e. The van der Waals surface area contributed by atoms with Gasteiger partial charge in [0.15, 0.2) is 0 Å². The van der Waals surface area contributed by atoms with Crippen LogP contribution in [0.4, 0.5) is 5.82 Å². The van der Waals surface area contributed by atoms with Crippen molar-refractivity contribution < 1.29 is 4.79 Å². The molecule has 2 atom stereocenters. The fourth-order valence-electron chi connectivity index (χ4n) is 2.49. The fraction of sp³-hybridized carbons (Fsp3) is 0.571. The van der Waals surface area contributed by atoms with Crippen LogP contribution in [-0.4, -0.2) is 35.4 Å². The highest BCUT2D eigenvalue weighted by atomic mass is 16.2. The summed E-state index contributed by atoms with van der Waals surface area (Å²) in [6.45, 7) is 5.22. The van der Waals surface area contributed by atoms with E-state index < -0.39 is 0 Å². The Kier molecular flexibility index (Phi) is 3.84. The highest BCUT2D eigenvalue weighted by Gasteiger charge is 2.28. The maximum Gasteiger partial charge on any atom is 0.254 e. The second-order valence-electron chi connectivity index (χ2n) is 5.04. The molecule has 0 saturated carbocycles. The van der Waals surface area contributed by atoms with Gasteiger partial charge in [-0.25, -0.2) is 4.98 Å². The number of piperidine rings is 1. The summed E-state index contributed by atoms with van der Waals surface area (Å²) in [6, 6.07) is 3.92. The predicted molar refractivity (Wildman–Crippen MR) is 72.7 cm³/mol. The molecule has 0 bridgehead atoms. The molecule has 4 heteroatoms. The summed E-state index contributed by atoms with van der Waals surface area (Å²) in [4.78, 5) is 18.6. The summed E-state index contributed by atoms with van der Waals surface area (Å²) in [5.41, 5.74) is 0.718. The lowest BCUT2D eigenvalue weighted by Crippen LogP contribution is -2.46. The van der Waals surface area contributed by atoms with Crippen LogP contribution in [0.5, 0.6) is 0 Å². The Morgan fingerprint density at radius 1 is 1.50 bits per heavy atom. The largest absolute Gasteiger partial charge is 0.373 e. The summed E-state index contributed by atoms with van der Waals surface area (Å²) in [5, 5.41) is 2.96.